The van der Waals surface area contributed by atoms with Crippen molar-refractivity contribution in [3.8, 4) is 11.5 Å². The van der Waals surface area contributed by atoms with Crippen molar-refractivity contribution in [1.29, 1.82) is 0 Å². The van der Waals surface area contributed by atoms with Gasteiger partial charge in [0.15, 0.2) is 0 Å². The van der Waals surface area contributed by atoms with E-state index in [1.54, 1.807) is 47.4 Å². The number of hydrogen-bond acceptors (Lipinski definition) is 6. The first-order valence-corrected chi connectivity index (χ1v) is 13.9. The zero-order chi connectivity index (χ0) is 27.2. The molecule has 3 aromatic rings. The van der Waals surface area contributed by atoms with Crippen molar-refractivity contribution in [1.82, 2.24) is 4.90 Å². The molecule has 0 aliphatic carbocycles. The highest BCUT2D eigenvalue weighted by Crippen LogP contribution is 2.31. The standard InChI is InChI=1S/C28H33ClN2O5S/c1-6-30(7-2)22-13-12-21(19-31(20(3)4)28(32)25-10-8-9-11-26(25)29)27(18-22)36-37(33,34)24-16-14-23(35-5)15-17-24/h8-18,20H,6-7,19H2,1-5H3. The van der Waals surface area contributed by atoms with Crippen LogP contribution < -0.4 is 13.8 Å². The fourth-order valence-electron chi connectivity index (χ4n) is 3.91. The Morgan fingerprint density at radius 3 is 2.19 bits per heavy atom. The summed E-state index contributed by atoms with van der Waals surface area (Å²) in [4.78, 5) is 17.1. The summed E-state index contributed by atoms with van der Waals surface area (Å²) in [5, 5.41) is 0.355. The molecule has 0 saturated carbocycles. The van der Waals surface area contributed by atoms with E-state index >= 15 is 0 Å². The van der Waals surface area contributed by atoms with Crippen molar-refractivity contribution < 1.29 is 22.1 Å². The molecule has 0 N–H and O–H groups in total. The Bertz CT molecular complexity index is 1320. The first kappa shape index (κ1) is 28.3. The molecule has 0 aliphatic heterocycles. The second-order valence-electron chi connectivity index (χ2n) is 8.68. The maximum Gasteiger partial charge on any atom is 0.339 e. The number of rotatable bonds is 11. The number of methoxy groups -OCH3 is 1. The Morgan fingerprint density at radius 1 is 0.973 bits per heavy atom. The van der Waals surface area contributed by atoms with Gasteiger partial charge in [0.2, 0.25) is 0 Å². The predicted molar refractivity (Wildman–Crippen MR) is 147 cm³/mol. The molecule has 0 aliphatic rings. The molecule has 0 heterocycles. The van der Waals surface area contributed by atoms with Gasteiger partial charge in [0.05, 0.1) is 17.7 Å². The summed E-state index contributed by atoms with van der Waals surface area (Å²) in [6.07, 6.45) is 0. The van der Waals surface area contributed by atoms with E-state index in [0.717, 1.165) is 18.8 Å². The minimum absolute atomic E-state index is 0.000326. The van der Waals surface area contributed by atoms with Crippen LogP contribution in [0.3, 0.4) is 0 Å². The normalized spacial score (nSPS) is 11.3. The van der Waals surface area contributed by atoms with Gasteiger partial charge in [-0.15, -0.1) is 0 Å². The number of nitrogens with zero attached hydrogens (tertiary/aromatic N) is 2. The van der Waals surface area contributed by atoms with Crippen LogP contribution in [0.4, 0.5) is 5.69 Å². The molecule has 0 unspecified atom stereocenters. The van der Waals surface area contributed by atoms with Gasteiger partial charge in [-0.2, -0.15) is 8.42 Å². The summed E-state index contributed by atoms with van der Waals surface area (Å²) in [6.45, 7) is 9.45. The summed E-state index contributed by atoms with van der Waals surface area (Å²) in [6, 6.07) is 18.1. The third-order valence-corrected chi connectivity index (χ3v) is 7.63. The van der Waals surface area contributed by atoms with Gasteiger partial charge in [0.25, 0.3) is 5.91 Å². The number of carbonyl (C=O) groups excluding carboxylic acids is 1. The summed E-state index contributed by atoms with van der Waals surface area (Å²) in [7, 11) is -2.64. The molecule has 0 fully saturated rings. The number of amides is 1. The molecule has 0 bridgehead atoms. The van der Waals surface area contributed by atoms with Gasteiger partial charge < -0.3 is 18.7 Å². The fourth-order valence-corrected chi connectivity index (χ4v) is 5.08. The van der Waals surface area contributed by atoms with Crippen LogP contribution in [-0.4, -0.2) is 45.5 Å². The van der Waals surface area contributed by atoms with Crippen molar-refractivity contribution in [3.05, 3.63) is 82.9 Å². The number of carbonyl (C=O) groups is 1. The van der Waals surface area contributed by atoms with Crippen molar-refractivity contribution >= 4 is 33.3 Å². The fraction of sp³-hybridized carbons (Fsp3) is 0.321. The van der Waals surface area contributed by atoms with Crippen LogP contribution in [0.5, 0.6) is 11.5 Å². The first-order chi connectivity index (χ1) is 17.6. The molecule has 0 atom stereocenters. The molecule has 37 heavy (non-hydrogen) atoms. The Hall–Kier alpha value is -3.23. The molecule has 198 valence electrons. The van der Waals surface area contributed by atoms with E-state index in [-0.39, 0.29) is 29.1 Å². The summed E-state index contributed by atoms with van der Waals surface area (Å²) in [5.41, 5.74) is 1.76. The lowest BCUT2D eigenvalue weighted by molar-refractivity contribution is 0.0690. The molecule has 3 rings (SSSR count). The molecule has 3 aromatic carbocycles. The highest BCUT2D eigenvalue weighted by molar-refractivity contribution is 7.87. The summed E-state index contributed by atoms with van der Waals surface area (Å²) >= 11 is 6.30. The van der Waals surface area contributed by atoms with Crippen LogP contribution in [0.15, 0.2) is 71.6 Å². The molecular formula is C28H33ClN2O5S. The van der Waals surface area contributed by atoms with E-state index in [1.807, 2.05) is 39.8 Å². The van der Waals surface area contributed by atoms with Gasteiger partial charge in [-0.3, -0.25) is 4.79 Å². The molecular weight excluding hydrogens is 512 g/mol. The lowest BCUT2D eigenvalue weighted by Crippen LogP contribution is -2.36. The van der Waals surface area contributed by atoms with Crippen LogP contribution in [0.2, 0.25) is 5.02 Å². The molecule has 0 saturated heterocycles. The monoisotopic (exact) mass is 544 g/mol. The lowest BCUT2D eigenvalue weighted by atomic mass is 10.1. The van der Waals surface area contributed by atoms with Gasteiger partial charge in [0.1, 0.15) is 16.4 Å². The van der Waals surface area contributed by atoms with Gasteiger partial charge in [-0.05, 0) is 70.2 Å². The second kappa shape index (κ2) is 12.3. The summed E-state index contributed by atoms with van der Waals surface area (Å²) in [5.74, 6) is 0.448. The molecule has 0 aromatic heterocycles. The number of hydrogen-bond donors (Lipinski definition) is 0. The number of halogens is 1. The molecule has 0 spiro atoms. The van der Waals surface area contributed by atoms with Crippen molar-refractivity contribution in [2.75, 3.05) is 25.1 Å². The zero-order valence-electron chi connectivity index (χ0n) is 21.8. The van der Waals surface area contributed by atoms with Crippen molar-refractivity contribution in [2.45, 2.75) is 45.2 Å². The van der Waals surface area contributed by atoms with Crippen LogP contribution in [0.25, 0.3) is 0 Å². The first-order valence-electron chi connectivity index (χ1n) is 12.1. The van der Waals surface area contributed by atoms with E-state index in [4.69, 9.17) is 20.5 Å². The average molecular weight is 545 g/mol. The van der Waals surface area contributed by atoms with Gasteiger partial charge >= 0.3 is 10.1 Å². The highest BCUT2D eigenvalue weighted by atomic mass is 35.5. The smallest absolute Gasteiger partial charge is 0.339 e. The van der Waals surface area contributed by atoms with Gasteiger partial charge in [-0.25, -0.2) is 0 Å². The van der Waals surface area contributed by atoms with E-state index < -0.39 is 10.1 Å². The van der Waals surface area contributed by atoms with E-state index in [1.165, 1.54) is 19.2 Å². The minimum atomic E-state index is -4.15. The average Bonchev–Trinajstić information content (AvgIpc) is 2.88. The zero-order valence-corrected chi connectivity index (χ0v) is 23.3. The maximum atomic E-state index is 13.4. The Balaban J connectivity index is 2.03. The van der Waals surface area contributed by atoms with Crippen molar-refractivity contribution in [2.24, 2.45) is 0 Å². The van der Waals surface area contributed by atoms with Crippen LogP contribution >= 0.6 is 11.6 Å². The predicted octanol–water partition coefficient (Wildman–Crippen LogP) is 6.01. The SMILES string of the molecule is CCN(CC)c1ccc(CN(C(=O)c2ccccc2Cl)C(C)C)c(OS(=O)(=O)c2ccc(OC)cc2)c1. The van der Waals surface area contributed by atoms with Crippen LogP contribution in [0.1, 0.15) is 43.6 Å². The number of anilines is 1. The third kappa shape index (κ3) is 6.76. The molecule has 9 heteroatoms. The second-order valence-corrected chi connectivity index (χ2v) is 10.6. The number of benzene rings is 3. The van der Waals surface area contributed by atoms with Gasteiger partial charge in [0, 0.05) is 43.0 Å². The van der Waals surface area contributed by atoms with Gasteiger partial charge in [-0.1, -0.05) is 29.8 Å². The molecule has 7 nitrogen and oxygen atoms in total. The number of ether oxygens (including phenoxy) is 1. The van der Waals surface area contributed by atoms with Crippen LogP contribution in [0, 0.1) is 0 Å². The Labute approximate surface area is 224 Å². The quantitative estimate of drug-likeness (QED) is 0.275. The Morgan fingerprint density at radius 2 is 1.62 bits per heavy atom. The maximum absolute atomic E-state index is 13.4. The lowest BCUT2D eigenvalue weighted by Gasteiger charge is -2.29. The summed E-state index contributed by atoms with van der Waals surface area (Å²) < 4.78 is 37.3. The van der Waals surface area contributed by atoms with E-state index in [9.17, 15) is 13.2 Å². The minimum Gasteiger partial charge on any atom is -0.497 e. The van der Waals surface area contributed by atoms with Crippen LogP contribution in [-0.2, 0) is 16.7 Å². The molecule has 0 radical (unpaired) electrons. The topological polar surface area (TPSA) is 76.2 Å². The third-order valence-electron chi connectivity index (χ3n) is 6.06. The van der Waals surface area contributed by atoms with Crippen molar-refractivity contribution in [3.63, 3.8) is 0 Å². The largest absolute Gasteiger partial charge is 0.497 e. The molecule has 1 amide bonds. The van der Waals surface area contributed by atoms with E-state index in [0.29, 0.717) is 21.9 Å². The van der Waals surface area contributed by atoms with E-state index in [2.05, 4.69) is 4.90 Å². The highest BCUT2D eigenvalue weighted by Gasteiger charge is 2.25. The Kier molecular flexibility index (Phi) is 9.45.